The summed E-state index contributed by atoms with van der Waals surface area (Å²) in [5.41, 5.74) is 1.98. The molecular formula is C30H36F3N5O5S. The zero-order valence-corrected chi connectivity index (χ0v) is 25.7. The molecule has 0 spiro atoms. The Morgan fingerprint density at radius 1 is 1.16 bits per heavy atom. The molecule has 2 fully saturated rings. The highest BCUT2D eigenvalue weighted by Crippen LogP contribution is 2.49. The number of aromatic amines is 1. The summed E-state index contributed by atoms with van der Waals surface area (Å²) in [6.45, 7) is 6.80. The zero-order chi connectivity index (χ0) is 32.0. The van der Waals surface area contributed by atoms with E-state index >= 15 is 0 Å². The molecule has 0 atom stereocenters. The molecule has 3 aromatic rings. The van der Waals surface area contributed by atoms with E-state index in [0.29, 0.717) is 46.4 Å². The van der Waals surface area contributed by atoms with Crippen molar-refractivity contribution in [2.45, 2.75) is 50.6 Å². The lowest BCUT2D eigenvalue weighted by Crippen LogP contribution is -2.49. The van der Waals surface area contributed by atoms with Crippen LogP contribution in [0.3, 0.4) is 0 Å². The molecule has 1 saturated carbocycles. The SMILES string of the molecule is C=CCC1(S(=O)(=O)n2cc(C)c3c(C(=O)NCc4c(OC)cc(C)[nH]c4=O)cc(N4CCN(CC(F)(F)F)CC4)cc32)CC1. The Balaban J connectivity index is 1.56. The molecule has 0 bridgehead atoms. The van der Waals surface area contributed by atoms with Gasteiger partial charge < -0.3 is 19.9 Å². The van der Waals surface area contributed by atoms with Crippen molar-refractivity contribution < 1.29 is 31.1 Å². The Bertz CT molecular complexity index is 1770. The molecule has 1 aliphatic heterocycles. The summed E-state index contributed by atoms with van der Waals surface area (Å²) in [6, 6.07) is 4.97. The van der Waals surface area contributed by atoms with Gasteiger partial charge in [-0.2, -0.15) is 13.2 Å². The number of anilines is 1. The number of hydrogen-bond donors (Lipinski definition) is 2. The highest BCUT2D eigenvalue weighted by atomic mass is 32.2. The molecule has 2 aromatic heterocycles. The van der Waals surface area contributed by atoms with E-state index in [1.807, 2.05) is 4.90 Å². The third-order valence-electron chi connectivity index (χ3n) is 8.44. The Labute approximate surface area is 253 Å². The number of piperazine rings is 1. The molecule has 5 rings (SSSR count). The number of benzene rings is 1. The van der Waals surface area contributed by atoms with E-state index in [9.17, 15) is 31.2 Å². The van der Waals surface area contributed by atoms with E-state index in [2.05, 4.69) is 16.9 Å². The van der Waals surface area contributed by atoms with Crippen molar-refractivity contribution in [2.75, 3.05) is 44.7 Å². The summed E-state index contributed by atoms with van der Waals surface area (Å²) in [7, 11) is -2.47. The monoisotopic (exact) mass is 635 g/mol. The number of aryl methyl sites for hydroxylation is 2. The minimum absolute atomic E-state index is 0.149. The number of halogens is 3. The number of alkyl halides is 3. The third kappa shape index (κ3) is 5.96. The maximum atomic E-state index is 14.0. The first kappa shape index (κ1) is 31.6. The van der Waals surface area contributed by atoms with Gasteiger partial charge in [-0.3, -0.25) is 14.5 Å². The number of H-pyrrole nitrogens is 1. The number of amides is 1. The number of nitrogens with zero attached hydrogens (tertiary/aromatic N) is 3. The lowest BCUT2D eigenvalue weighted by atomic mass is 10.0. The molecule has 1 amide bonds. The number of pyridine rings is 1. The van der Waals surface area contributed by atoms with Crippen molar-refractivity contribution in [1.29, 1.82) is 0 Å². The minimum atomic E-state index is -4.31. The predicted octanol–water partition coefficient (Wildman–Crippen LogP) is 3.86. The molecule has 1 aromatic carbocycles. The standard InChI is InChI=1S/C30H36F3N5O5S/c1-5-6-29(7-8-29)44(41,42)38-17-19(2)26-22(27(39)34-16-23-25(43-4)13-20(3)35-28(23)40)14-21(15-24(26)38)37-11-9-36(10-12-37)18-30(31,32)33/h5,13-15,17H,1,6-12,16,18H2,2-4H3,(H,34,39)(H,35,40). The average molecular weight is 636 g/mol. The maximum Gasteiger partial charge on any atom is 0.401 e. The second-order valence-corrected chi connectivity index (χ2v) is 13.8. The van der Waals surface area contributed by atoms with Crippen LogP contribution in [0.25, 0.3) is 10.9 Å². The molecule has 44 heavy (non-hydrogen) atoms. The second kappa shape index (κ2) is 11.6. The predicted molar refractivity (Wildman–Crippen MR) is 162 cm³/mol. The first-order valence-electron chi connectivity index (χ1n) is 14.3. The molecular weight excluding hydrogens is 599 g/mol. The minimum Gasteiger partial charge on any atom is -0.496 e. The molecule has 2 N–H and O–H groups in total. The Kier molecular flexibility index (Phi) is 8.35. The van der Waals surface area contributed by atoms with Gasteiger partial charge in [-0.05, 0) is 56.9 Å². The number of fused-ring (bicyclic) bond motifs is 1. The first-order valence-corrected chi connectivity index (χ1v) is 15.7. The van der Waals surface area contributed by atoms with E-state index in [1.165, 1.54) is 22.2 Å². The van der Waals surface area contributed by atoms with Gasteiger partial charge in [0.1, 0.15) is 5.75 Å². The summed E-state index contributed by atoms with van der Waals surface area (Å²) in [5, 5.41) is 3.22. The maximum absolute atomic E-state index is 14.0. The Hall–Kier alpha value is -3.78. The highest BCUT2D eigenvalue weighted by molar-refractivity contribution is 7.91. The topological polar surface area (TPSA) is 117 Å². The van der Waals surface area contributed by atoms with Crippen LogP contribution in [0, 0.1) is 13.8 Å². The van der Waals surface area contributed by atoms with Gasteiger partial charge in [0.2, 0.25) is 10.0 Å². The molecule has 2 aliphatic rings. The Morgan fingerprint density at radius 3 is 2.43 bits per heavy atom. The molecule has 0 radical (unpaired) electrons. The summed E-state index contributed by atoms with van der Waals surface area (Å²) >= 11 is 0. The van der Waals surface area contributed by atoms with Gasteiger partial charge in [-0.15, -0.1) is 6.58 Å². The largest absolute Gasteiger partial charge is 0.496 e. The van der Waals surface area contributed by atoms with Crippen molar-refractivity contribution in [3.8, 4) is 5.75 Å². The molecule has 1 aliphatic carbocycles. The molecule has 10 nitrogen and oxygen atoms in total. The van der Waals surface area contributed by atoms with E-state index in [0.717, 1.165) is 0 Å². The van der Waals surface area contributed by atoms with E-state index in [-0.39, 0.29) is 50.3 Å². The molecule has 238 valence electrons. The van der Waals surface area contributed by atoms with E-state index in [1.54, 1.807) is 38.1 Å². The van der Waals surface area contributed by atoms with Crippen molar-refractivity contribution in [2.24, 2.45) is 0 Å². The molecule has 0 unspecified atom stereocenters. The number of methoxy groups -OCH3 is 1. The summed E-state index contributed by atoms with van der Waals surface area (Å²) in [6.07, 6.45) is 0.0519. The number of allylic oxidation sites excluding steroid dienone is 1. The summed E-state index contributed by atoms with van der Waals surface area (Å²) < 4.78 is 72.5. The van der Waals surface area contributed by atoms with E-state index < -0.39 is 39.0 Å². The van der Waals surface area contributed by atoms with Crippen LogP contribution < -0.4 is 20.5 Å². The van der Waals surface area contributed by atoms with Crippen LogP contribution >= 0.6 is 0 Å². The van der Waals surface area contributed by atoms with E-state index in [4.69, 9.17) is 4.74 Å². The number of ether oxygens (including phenoxy) is 1. The number of nitrogens with one attached hydrogen (secondary N) is 2. The fourth-order valence-corrected chi connectivity index (χ4v) is 8.03. The van der Waals surface area contributed by atoms with Gasteiger partial charge in [0.15, 0.2) is 0 Å². The summed E-state index contributed by atoms with van der Waals surface area (Å²) in [5.74, 6) is -0.229. The van der Waals surface area contributed by atoms with Crippen LogP contribution in [0.4, 0.5) is 18.9 Å². The van der Waals surface area contributed by atoms with Crippen molar-refractivity contribution in [3.05, 3.63) is 69.8 Å². The first-order chi connectivity index (χ1) is 20.7. The normalized spacial score (nSPS) is 17.1. The third-order valence-corrected chi connectivity index (χ3v) is 10.9. The number of carbonyl (C=O) groups excluding carboxylic acids is 1. The quantitative estimate of drug-likeness (QED) is 0.325. The van der Waals surface area contributed by atoms with Gasteiger partial charge in [0.05, 0.1) is 41.6 Å². The fraction of sp³-hybridized carbons (Fsp3) is 0.467. The fourth-order valence-electron chi connectivity index (χ4n) is 5.97. The second-order valence-electron chi connectivity index (χ2n) is 11.6. The lowest BCUT2D eigenvalue weighted by Gasteiger charge is -2.36. The van der Waals surface area contributed by atoms with Crippen LogP contribution in [0.1, 0.15) is 46.4 Å². The average Bonchev–Trinajstić information content (AvgIpc) is 3.67. The van der Waals surface area contributed by atoms with Crippen molar-refractivity contribution in [1.82, 2.24) is 19.2 Å². The van der Waals surface area contributed by atoms with Gasteiger partial charge in [0.25, 0.3) is 11.5 Å². The number of rotatable bonds is 10. The summed E-state index contributed by atoms with van der Waals surface area (Å²) in [4.78, 5) is 32.3. The molecule has 14 heteroatoms. The van der Waals surface area contributed by atoms with Gasteiger partial charge in [0, 0.05) is 49.1 Å². The lowest BCUT2D eigenvalue weighted by molar-refractivity contribution is -0.146. The van der Waals surface area contributed by atoms with Crippen LogP contribution in [0.2, 0.25) is 0 Å². The van der Waals surface area contributed by atoms with Gasteiger partial charge in [-0.25, -0.2) is 12.4 Å². The molecule has 3 heterocycles. The van der Waals surface area contributed by atoms with Crippen LogP contribution in [0.5, 0.6) is 5.75 Å². The van der Waals surface area contributed by atoms with Crippen molar-refractivity contribution >= 4 is 32.5 Å². The van der Waals surface area contributed by atoms with Crippen LogP contribution in [-0.2, 0) is 16.6 Å². The smallest absolute Gasteiger partial charge is 0.401 e. The number of hydrogen-bond acceptors (Lipinski definition) is 7. The number of aromatic nitrogens is 2. The molecule has 1 saturated heterocycles. The van der Waals surface area contributed by atoms with Crippen LogP contribution in [-0.4, -0.2) is 78.9 Å². The highest BCUT2D eigenvalue weighted by Gasteiger charge is 2.54. The van der Waals surface area contributed by atoms with Crippen LogP contribution in [0.15, 0.2) is 41.8 Å². The van der Waals surface area contributed by atoms with Crippen molar-refractivity contribution in [3.63, 3.8) is 0 Å². The Morgan fingerprint density at radius 2 is 1.84 bits per heavy atom. The van der Waals surface area contributed by atoms with Gasteiger partial charge in [-0.1, -0.05) is 6.08 Å². The number of carbonyl (C=O) groups is 1. The van der Waals surface area contributed by atoms with Gasteiger partial charge >= 0.3 is 6.18 Å². The zero-order valence-electron chi connectivity index (χ0n) is 24.9.